The second-order valence-electron chi connectivity index (χ2n) is 3.42. The molecular formula is C9H10BrNO3S. The fourth-order valence-corrected chi connectivity index (χ4v) is 2.01. The zero-order valence-electron chi connectivity index (χ0n) is 8.32. The van der Waals surface area contributed by atoms with Crippen LogP contribution < -0.4 is 4.74 Å². The van der Waals surface area contributed by atoms with Crippen molar-refractivity contribution in [1.82, 2.24) is 4.98 Å². The predicted molar refractivity (Wildman–Crippen MR) is 59.6 cm³/mol. The molecule has 1 aromatic rings. The van der Waals surface area contributed by atoms with Gasteiger partial charge in [-0.05, 0) is 15.9 Å². The van der Waals surface area contributed by atoms with E-state index in [1.165, 1.54) is 11.3 Å². The lowest BCUT2D eigenvalue weighted by Crippen LogP contribution is -2.21. The van der Waals surface area contributed by atoms with Gasteiger partial charge in [0.25, 0.3) is 0 Å². The van der Waals surface area contributed by atoms with Crippen LogP contribution in [0.15, 0.2) is 21.3 Å². The molecule has 0 spiro atoms. The molecule has 4 nitrogen and oxygen atoms in total. The Hall–Kier alpha value is -0.750. The van der Waals surface area contributed by atoms with E-state index in [0.29, 0.717) is 18.2 Å². The third kappa shape index (κ3) is 2.63. The predicted octanol–water partition coefficient (Wildman–Crippen LogP) is 2.91. The van der Waals surface area contributed by atoms with Crippen molar-refractivity contribution < 1.29 is 14.2 Å². The summed E-state index contributed by atoms with van der Waals surface area (Å²) < 4.78 is 17.0. The van der Waals surface area contributed by atoms with Gasteiger partial charge in [-0.3, -0.25) is 0 Å². The first kappa shape index (κ1) is 10.8. The van der Waals surface area contributed by atoms with Gasteiger partial charge in [-0.2, -0.15) is 0 Å². The molecule has 6 heteroatoms. The highest BCUT2D eigenvalue weighted by Gasteiger charge is 2.27. The third-order valence-corrected chi connectivity index (χ3v) is 3.19. The van der Waals surface area contributed by atoms with E-state index in [1.54, 1.807) is 11.8 Å². The summed E-state index contributed by atoms with van der Waals surface area (Å²) in [6.07, 6.45) is 1.57. The maximum atomic E-state index is 5.46. The molecule has 82 valence electrons. The summed E-state index contributed by atoms with van der Waals surface area (Å²) in [7, 11) is 0. The number of halogens is 1. The minimum atomic E-state index is -0.585. The molecule has 0 N–H and O–H groups in total. The molecule has 2 heterocycles. The second-order valence-corrected chi connectivity index (χ2v) is 5.60. The van der Waals surface area contributed by atoms with Crippen molar-refractivity contribution in [2.45, 2.75) is 19.6 Å². The third-order valence-electron chi connectivity index (χ3n) is 1.70. The van der Waals surface area contributed by atoms with Crippen LogP contribution >= 0.6 is 27.3 Å². The summed E-state index contributed by atoms with van der Waals surface area (Å²) in [6.45, 7) is 4.01. The maximum Gasteiger partial charge on any atom is 0.244 e. The van der Waals surface area contributed by atoms with Crippen LogP contribution in [0.2, 0.25) is 0 Å². The van der Waals surface area contributed by atoms with Gasteiger partial charge in [-0.1, -0.05) is 0 Å². The molecule has 1 aromatic heterocycles. The van der Waals surface area contributed by atoms with Crippen LogP contribution in [0.4, 0.5) is 0 Å². The minimum absolute atomic E-state index is 0.325. The first-order chi connectivity index (χ1) is 7.07. The summed E-state index contributed by atoms with van der Waals surface area (Å²) in [5.41, 5.74) is 1.71. The van der Waals surface area contributed by atoms with E-state index >= 15 is 0 Å². The Labute approximate surface area is 100.0 Å². The van der Waals surface area contributed by atoms with Gasteiger partial charge in [0.05, 0.1) is 5.51 Å². The molecule has 0 bridgehead atoms. The van der Waals surface area contributed by atoms with Crippen LogP contribution in [0.5, 0.6) is 5.88 Å². The minimum Gasteiger partial charge on any atom is -0.468 e. The van der Waals surface area contributed by atoms with E-state index in [2.05, 4.69) is 20.9 Å². The highest BCUT2D eigenvalue weighted by Crippen LogP contribution is 2.29. The molecule has 1 aliphatic heterocycles. The van der Waals surface area contributed by atoms with Gasteiger partial charge in [0.1, 0.15) is 10.0 Å². The zero-order chi connectivity index (χ0) is 10.9. The molecule has 0 atom stereocenters. The monoisotopic (exact) mass is 291 g/mol. The fraction of sp³-hybridized carbons (Fsp3) is 0.444. The quantitative estimate of drug-likeness (QED) is 0.859. The van der Waals surface area contributed by atoms with E-state index in [0.717, 1.165) is 3.79 Å². The van der Waals surface area contributed by atoms with Crippen molar-refractivity contribution in [3.8, 4) is 5.88 Å². The largest absolute Gasteiger partial charge is 0.468 e. The molecule has 0 radical (unpaired) electrons. The molecule has 0 aliphatic carbocycles. The van der Waals surface area contributed by atoms with Crippen molar-refractivity contribution in [2.24, 2.45) is 0 Å². The molecule has 2 rings (SSSR count). The first-order valence-corrected chi connectivity index (χ1v) is 6.02. The van der Waals surface area contributed by atoms with Crippen LogP contribution in [0.1, 0.15) is 13.8 Å². The van der Waals surface area contributed by atoms with E-state index in [1.807, 2.05) is 13.8 Å². The van der Waals surface area contributed by atoms with Crippen molar-refractivity contribution in [2.75, 3.05) is 6.61 Å². The summed E-state index contributed by atoms with van der Waals surface area (Å²) in [6, 6.07) is 0. The van der Waals surface area contributed by atoms with E-state index in [-0.39, 0.29) is 0 Å². The second kappa shape index (κ2) is 4.02. The lowest BCUT2D eigenvalue weighted by atomic mass is 10.4. The number of hydrogen-bond donors (Lipinski definition) is 0. The van der Waals surface area contributed by atoms with E-state index < -0.39 is 5.79 Å². The van der Waals surface area contributed by atoms with E-state index in [4.69, 9.17) is 14.2 Å². The van der Waals surface area contributed by atoms with Gasteiger partial charge in [0, 0.05) is 13.8 Å². The van der Waals surface area contributed by atoms with Gasteiger partial charge in [-0.25, -0.2) is 4.98 Å². The van der Waals surface area contributed by atoms with Gasteiger partial charge >= 0.3 is 0 Å². The molecule has 0 unspecified atom stereocenters. The van der Waals surface area contributed by atoms with Crippen LogP contribution in [-0.4, -0.2) is 17.4 Å². The molecule has 0 amide bonds. The normalized spacial score (nSPS) is 17.9. The Balaban J connectivity index is 1.88. The van der Waals surface area contributed by atoms with Gasteiger partial charge < -0.3 is 14.2 Å². The zero-order valence-corrected chi connectivity index (χ0v) is 10.7. The molecular weight excluding hydrogens is 282 g/mol. The maximum absolute atomic E-state index is 5.46. The van der Waals surface area contributed by atoms with Crippen molar-refractivity contribution >= 4 is 27.3 Å². The van der Waals surface area contributed by atoms with Crippen molar-refractivity contribution in [3.63, 3.8) is 0 Å². The Morgan fingerprint density at radius 1 is 1.60 bits per heavy atom. The lowest BCUT2D eigenvalue weighted by molar-refractivity contribution is -0.119. The Morgan fingerprint density at radius 2 is 2.40 bits per heavy atom. The first-order valence-electron chi connectivity index (χ1n) is 4.34. The fourth-order valence-electron chi connectivity index (χ4n) is 1.09. The van der Waals surface area contributed by atoms with Crippen molar-refractivity contribution in [1.29, 1.82) is 0 Å². The molecule has 1 aliphatic rings. The topological polar surface area (TPSA) is 40.6 Å². The highest BCUT2D eigenvalue weighted by molar-refractivity contribution is 9.11. The molecule has 0 saturated carbocycles. The van der Waals surface area contributed by atoms with Gasteiger partial charge in [-0.15, -0.1) is 11.3 Å². The SMILES string of the molecule is CC1(C)OC=C(COc2ncsc2Br)O1. The number of aromatic nitrogens is 1. The smallest absolute Gasteiger partial charge is 0.244 e. The van der Waals surface area contributed by atoms with Crippen molar-refractivity contribution in [3.05, 3.63) is 21.3 Å². The molecule has 0 saturated heterocycles. The van der Waals surface area contributed by atoms with Crippen LogP contribution in [0, 0.1) is 0 Å². The van der Waals surface area contributed by atoms with Gasteiger partial charge in [0.2, 0.25) is 11.7 Å². The lowest BCUT2D eigenvalue weighted by Gasteiger charge is -2.18. The number of thiazole rings is 1. The van der Waals surface area contributed by atoms with Crippen LogP contribution in [0.25, 0.3) is 0 Å². The van der Waals surface area contributed by atoms with Gasteiger partial charge in [0.15, 0.2) is 12.4 Å². The van der Waals surface area contributed by atoms with E-state index in [9.17, 15) is 0 Å². The van der Waals surface area contributed by atoms with Crippen LogP contribution in [-0.2, 0) is 9.47 Å². The average molecular weight is 292 g/mol. The number of nitrogens with zero attached hydrogens (tertiary/aromatic N) is 1. The Morgan fingerprint density at radius 3 is 2.93 bits per heavy atom. The standard InChI is InChI=1S/C9H10BrNO3S/c1-9(2)13-4-6(14-9)3-12-8-7(10)15-5-11-8/h4-5H,3H2,1-2H3. The Bertz CT molecular complexity index is 388. The summed E-state index contributed by atoms with van der Waals surface area (Å²) in [5, 5.41) is 0. The Kier molecular flexibility index (Phi) is 2.88. The molecule has 0 aromatic carbocycles. The summed E-state index contributed by atoms with van der Waals surface area (Å²) >= 11 is 4.81. The molecule has 15 heavy (non-hydrogen) atoms. The number of ether oxygens (including phenoxy) is 3. The summed E-state index contributed by atoms with van der Waals surface area (Å²) in [4.78, 5) is 4.04. The number of rotatable bonds is 3. The highest BCUT2D eigenvalue weighted by atomic mass is 79.9. The molecule has 0 fully saturated rings. The van der Waals surface area contributed by atoms with Crippen LogP contribution in [0.3, 0.4) is 0 Å². The summed E-state index contributed by atoms with van der Waals surface area (Å²) in [5.74, 6) is 0.659. The number of hydrogen-bond acceptors (Lipinski definition) is 5. The average Bonchev–Trinajstić information content (AvgIpc) is 2.69.